The molecule has 0 atom stereocenters. The minimum atomic E-state index is 0.00214. The van der Waals surface area contributed by atoms with Crippen molar-refractivity contribution in [2.24, 2.45) is 0 Å². The van der Waals surface area contributed by atoms with Crippen molar-refractivity contribution in [3.63, 3.8) is 0 Å². The second-order valence-corrected chi connectivity index (χ2v) is 8.60. The Bertz CT molecular complexity index is 998. The Hall–Kier alpha value is -2.93. The molecule has 7 nitrogen and oxygen atoms in total. The summed E-state index contributed by atoms with van der Waals surface area (Å²) in [5.41, 5.74) is 3.40. The van der Waals surface area contributed by atoms with E-state index < -0.39 is 0 Å². The average Bonchev–Trinajstić information content (AvgIpc) is 3.50. The lowest BCUT2D eigenvalue weighted by molar-refractivity contribution is 0.0675. The van der Waals surface area contributed by atoms with Crippen molar-refractivity contribution in [3.05, 3.63) is 60.1 Å². The van der Waals surface area contributed by atoms with Crippen LogP contribution in [0.25, 0.3) is 11.1 Å². The number of nitrogens with one attached hydrogen (secondary N) is 1. The third-order valence-corrected chi connectivity index (χ3v) is 6.55. The van der Waals surface area contributed by atoms with Crippen molar-refractivity contribution in [2.45, 2.75) is 44.6 Å². The Morgan fingerprint density at radius 3 is 2.58 bits per heavy atom. The van der Waals surface area contributed by atoms with Gasteiger partial charge in [0.2, 0.25) is 0 Å². The zero-order chi connectivity index (χ0) is 21.0. The van der Waals surface area contributed by atoms with Gasteiger partial charge in [0.25, 0.3) is 5.91 Å². The molecule has 5 rings (SSSR count). The fourth-order valence-electron chi connectivity index (χ4n) is 4.81. The van der Waals surface area contributed by atoms with Crippen LogP contribution in [0.15, 0.2) is 47.3 Å². The first-order valence-electron chi connectivity index (χ1n) is 11.3. The first kappa shape index (κ1) is 20.0. The molecule has 2 fully saturated rings. The van der Waals surface area contributed by atoms with Crippen molar-refractivity contribution in [2.75, 3.05) is 26.2 Å². The van der Waals surface area contributed by atoms with Gasteiger partial charge in [-0.3, -0.25) is 19.8 Å². The second-order valence-electron chi connectivity index (χ2n) is 8.60. The molecule has 1 N–H and O–H groups in total. The van der Waals surface area contributed by atoms with E-state index in [0.717, 1.165) is 68.1 Å². The number of carbonyl (C=O) groups is 1. The Labute approximate surface area is 182 Å². The molecule has 2 saturated heterocycles. The van der Waals surface area contributed by atoms with Crippen LogP contribution in [-0.2, 0) is 6.54 Å². The topological polar surface area (TPSA) is 78.3 Å². The first-order chi connectivity index (χ1) is 15.3. The van der Waals surface area contributed by atoms with Crippen molar-refractivity contribution in [1.29, 1.82) is 0 Å². The summed E-state index contributed by atoms with van der Waals surface area (Å²) in [6, 6.07) is 7.81. The minimum absolute atomic E-state index is 0.00214. The van der Waals surface area contributed by atoms with Gasteiger partial charge >= 0.3 is 0 Å². The van der Waals surface area contributed by atoms with Crippen molar-refractivity contribution in [3.8, 4) is 11.1 Å². The molecule has 5 heterocycles. The summed E-state index contributed by atoms with van der Waals surface area (Å²) in [5, 5.41) is 7.48. The molecule has 2 aliphatic heterocycles. The molecule has 0 bridgehead atoms. The van der Waals surface area contributed by atoms with Crippen molar-refractivity contribution in [1.82, 2.24) is 25.0 Å². The highest BCUT2D eigenvalue weighted by molar-refractivity contribution is 5.91. The van der Waals surface area contributed by atoms with Crippen LogP contribution in [0.4, 0.5) is 0 Å². The van der Waals surface area contributed by atoms with Crippen LogP contribution in [-0.4, -0.2) is 57.1 Å². The lowest BCUT2D eigenvalue weighted by atomic mass is 9.89. The Morgan fingerprint density at radius 1 is 1.03 bits per heavy atom. The van der Waals surface area contributed by atoms with Gasteiger partial charge in [0.05, 0.1) is 12.7 Å². The SMILES string of the molecule is O=C(c1ccc(CN2CCCCC2)o1)N1CCC(c2[nH]ncc2-c2ccncc2)CC1. The van der Waals surface area contributed by atoms with Gasteiger partial charge in [-0.05, 0) is 68.6 Å². The molecule has 162 valence electrons. The number of carbonyl (C=O) groups excluding carboxylic acids is 1. The van der Waals surface area contributed by atoms with E-state index in [9.17, 15) is 4.79 Å². The summed E-state index contributed by atoms with van der Waals surface area (Å²) in [5.74, 6) is 1.72. The number of amides is 1. The number of aromatic nitrogens is 3. The normalized spacial score (nSPS) is 18.4. The molecule has 0 saturated carbocycles. The molecular weight excluding hydrogens is 390 g/mol. The largest absolute Gasteiger partial charge is 0.455 e. The van der Waals surface area contributed by atoms with Crippen LogP contribution < -0.4 is 0 Å². The fourth-order valence-corrected chi connectivity index (χ4v) is 4.81. The monoisotopic (exact) mass is 419 g/mol. The average molecular weight is 420 g/mol. The number of H-pyrrole nitrogens is 1. The molecule has 0 aromatic carbocycles. The molecule has 0 unspecified atom stereocenters. The highest BCUT2D eigenvalue weighted by atomic mass is 16.4. The number of furan rings is 1. The molecular formula is C24H29N5O2. The lowest BCUT2D eigenvalue weighted by Crippen LogP contribution is -2.37. The molecule has 0 spiro atoms. The van der Waals surface area contributed by atoms with Gasteiger partial charge in [-0.15, -0.1) is 0 Å². The third-order valence-electron chi connectivity index (χ3n) is 6.55. The number of hydrogen-bond donors (Lipinski definition) is 1. The molecule has 2 aliphatic rings. The molecule has 1 amide bonds. The van der Waals surface area contributed by atoms with Gasteiger partial charge in [-0.2, -0.15) is 5.10 Å². The summed E-state index contributed by atoms with van der Waals surface area (Å²) in [7, 11) is 0. The van der Waals surface area contributed by atoms with Gasteiger partial charge in [0.15, 0.2) is 5.76 Å². The summed E-state index contributed by atoms with van der Waals surface area (Å²) >= 11 is 0. The van der Waals surface area contributed by atoms with E-state index in [1.165, 1.54) is 19.3 Å². The van der Waals surface area contributed by atoms with Crippen LogP contribution in [0.1, 0.15) is 60.0 Å². The predicted molar refractivity (Wildman–Crippen MR) is 118 cm³/mol. The quantitative estimate of drug-likeness (QED) is 0.674. The molecule has 0 aliphatic carbocycles. The van der Waals surface area contributed by atoms with E-state index in [0.29, 0.717) is 11.7 Å². The van der Waals surface area contributed by atoms with Gasteiger partial charge < -0.3 is 9.32 Å². The molecule has 0 radical (unpaired) electrons. The van der Waals surface area contributed by atoms with Crippen molar-refractivity contribution >= 4 is 5.91 Å². The van der Waals surface area contributed by atoms with Crippen LogP contribution in [0.3, 0.4) is 0 Å². The maximum atomic E-state index is 13.0. The van der Waals surface area contributed by atoms with E-state index in [1.807, 2.05) is 35.4 Å². The van der Waals surface area contributed by atoms with E-state index in [4.69, 9.17) is 4.42 Å². The van der Waals surface area contributed by atoms with Gasteiger partial charge in [0, 0.05) is 42.7 Å². The van der Waals surface area contributed by atoms with Crippen molar-refractivity contribution < 1.29 is 9.21 Å². The summed E-state index contributed by atoms with van der Waals surface area (Å²) in [6.07, 6.45) is 11.1. The molecule has 3 aromatic rings. The standard InChI is InChI=1S/C24H29N5O2/c30-24(22-5-4-20(31-22)17-28-12-2-1-3-13-28)29-14-8-19(9-15-29)23-21(16-26-27-23)18-6-10-25-11-7-18/h4-7,10-11,16,19H,1-3,8-9,12-15,17H2,(H,26,27). The number of pyridine rings is 1. The highest BCUT2D eigenvalue weighted by Gasteiger charge is 2.28. The van der Waals surface area contributed by atoms with E-state index >= 15 is 0 Å². The van der Waals surface area contributed by atoms with E-state index in [-0.39, 0.29) is 5.91 Å². The second kappa shape index (κ2) is 9.06. The van der Waals surface area contributed by atoms with Crippen LogP contribution in [0.5, 0.6) is 0 Å². The Balaban J connectivity index is 1.20. The summed E-state index contributed by atoms with van der Waals surface area (Å²) in [4.78, 5) is 21.4. The Kier molecular flexibility index (Phi) is 5.84. The van der Waals surface area contributed by atoms with E-state index in [1.54, 1.807) is 12.4 Å². The number of aromatic amines is 1. The number of hydrogen-bond acceptors (Lipinski definition) is 5. The fraction of sp³-hybridized carbons (Fsp3) is 0.458. The predicted octanol–water partition coefficient (Wildman–Crippen LogP) is 4.07. The van der Waals surface area contributed by atoms with E-state index in [2.05, 4.69) is 20.1 Å². The Morgan fingerprint density at radius 2 is 1.81 bits per heavy atom. The number of piperidine rings is 2. The zero-order valence-corrected chi connectivity index (χ0v) is 17.8. The minimum Gasteiger partial charge on any atom is -0.455 e. The molecule has 7 heteroatoms. The number of likely N-dealkylation sites (tertiary alicyclic amines) is 2. The maximum absolute atomic E-state index is 13.0. The highest BCUT2D eigenvalue weighted by Crippen LogP contribution is 2.34. The number of rotatable bonds is 5. The maximum Gasteiger partial charge on any atom is 0.289 e. The van der Waals surface area contributed by atoms with Crippen LogP contribution in [0.2, 0.25) is 0 Å². The summed E-state index contributed by atoms with van der Waals surface area (Å²) in [6.45, 7) is 4.48. The first-order valence-corrected chi connectivity index (χ1v) is 11.3. The summed E-state index contributed by atoms with van der Waals surface area (Å²) < 4.78 is 5.92. The number of nitrogens with zero attached hydrogens (tertiary/aromatic N) is 4. The van der Waals surface area contributed by atoms with Crippen LogP contribution in [0, 0.1) is 0 Å². The molecule has 31 heavy (non-hydrogen) atoms. The molecule has 3 aromatic heterocycles. The lowest BCUT2D eigenvalue weighted by Gasteiger charge is -2.31. The van der Waals surface area contributed by atoms with Gasteiger partial charge in [-0.1, -0.05) is 6.42 Å². The van der Waals surface area contributed by atoms with Gasteiger partial charge in [-0.25, -0.2) is 0 Å². The smallest absolute Gasteiger partial charge is 0.289 e. The zero-order valence-electron chi connectivity index (χ0n) is 17.8. The van der Waals surface area contributed by atoms with Gasteiger partial charge in [0.1, 0.15) is 5.76 Å². The third kappa shape index (κ3) is 4.42. The van der Waals surface area contributed by atoms with Crippen LogP contribution >= 0.6 is 0 Å².